The second kappa shape index (κ2) is 18.6. The van der Waals surface area contributed by atoms with Gasteiger partial charge >= 0.3 is 0 Å². The molecule has 15 heteroatoms. The lowest BCUT2D eigenvalue weighted by Gasteiger charge is -2.48. The lowest BCUT2D eigenvalue weighted by molar-refractivity contribution is -0.147. The maximum Gasteiger partial charge on any atom is 0.238 e. The Morgan fingerprint density at radius 1 is 0.831 bits per heavy atom. The number of imide groups is 1. The number of carbonyl (C=O) groups is 4. The largest absolute Gasteiger partial charge is 0.366 e. The Balaban J connectivity index is 0.697. The number of piperidine rings is 5. The number of anilines is 3. The minimum absolute atomic E-state index is 0.172. The van der Waals surface area contributed by atoms with E-state index in [0.717, 1.165) is 135 Å². The van der Waals surface area contributed by atoms with Gasteiger partial charge in [0.05, 0.1) is 28.9 Å². The molecule has 6 aliphatic heterocycles. The van der Waals surface area contributed by atoms with Crippen LogP contribution in [0.3, 0.4) is 0 Å². The number of benzene rings is 1. The van der Waals surface area contributed by atoms with Gasteiger partial charge in [0.1, 0.15) is 11.3 Å². The summed E-state index contributed by atoms with van der Waals surface area (Å²) in [6.45, 7) is 14.9. The summed E-state index contributed by atoms with van der Waals surface area (Å²) in [6.07, 6.45) is 18.0. The third-order valence-electron chi connectivity index (χ3n) is 18.3. The zero-order chi connectivity index (χ0) is 48.6. The molecule has 376 valence electrons. The van der Waals surface area contributed by atoms with Gasteiger partial charge in [-0.3, -0.25) is 24.5 Å². The van der Waals surface area contributed by atoms with Gasteiger partial charge in [0.25, 0.3) is 0 Å². The van der Waals surface area contributed by atoms with Crippen molar-refractivity contribution in [2.24, 2.45) is 11.3 Å². The summed E-state index contributed by atoms with van der Waals surface area (Å²) in [5, 5.41) is 6.18. The number of aromatic nitrogens is 4. The van der Waals surface area contributed by atoms with Crippen molar-refractivity contribution in [1.29, 1.82) is 0 Å². The lowest BCUT2D eigenvalue weighted by Crippen LogP contribution is -2.59. The molecule has 12 rings (SSSR count). The van der Waals surface area contributed by atoms with E-state index in [2.05, 4.69) is 84.7 Å². The highest BCUT2D eigenvalue weighted by molar-refractivity contribution is 6.09. The predicted octanol–water partition coefficient (Wildman–Crippen LogP) is 7.41. The molecule has 15 nitrogen and oxygen atoms in total. The summed E-state index contributed by atoms with van der Waals surface area (Å²) < 4.78 is 2.21. The number of nitrogens with zero attached hydrogens (tertiary/aromatic N) is 9. The molecule has 3 aromatic heterocycles. The molecule has 71 heavy (non-hydrogen) atoms. The average Bonchev–Trinajstić information content (AvgIpc) is 4.03. The van der Waals surface area contributed by atoms with Gasteiger partial charge in [0.15, 0.2) is 5.82 Å². The molecule has 1 spiro atoms. The second-order valence-electron chi connectivity index (χ2n) is 23.3. The van der Waals surface area contributed by atoms with Crippen LogP contribution >= 0.6 is 0 Å². The van der Waals surface area contributed by atoms with Crippen LogP contribution in [-0.2, 0) is 24.6 Å². The number of nitrogens with one attached hydrogen (secondary N) is 2. The zero-order valence-electron chi connectivity index (χ0n) is 42.2. The molecule has 7 fully saturated rings. The topological polar surface area (TPSA) is 152 Å². The third kappa shape index (κ3) is 8.69. The van der Waals surface area contributed by atoms with Gasteiger partial charge in [-0.2, -0.15) is 0 Å². The number of imidazole rings is 1. The fourth-order valence-electron chi connectivity index (χ4n) is 13.5. The minimum atomic E-state index is -0.637. The molecule has 0 bridgehead atoms. The van der Waals surface area contributed by atoms with E-state index in [1.807, 2.05) is 18.5 Å². The van der Waals surface area contributed by atoms with E-state index in [9.17, 15) is 14.4 Å². The van der Waals surface area contributed by atoms with E-state index in [1.165, 1.54) is 32.4 Å². The third-order valence-corrected chi connectivity index (χ3v) is 18.3. The molecule has 2 saturated carbocycles. The number of likely N-dealkylation sites (tertiary alicyclic amines) is 3. The Morgan fingerprint density at radius 3 is 2.28 bits per heavy atom. The number of hydrogen-bond donors (Lipinski definition) is 2. The summed E-state index contributed by atoms with van der Waals surface area (Å²) in [4.78, 5) is 80.7. The molecule has 1 unspecified atom stereocenters. The minimum Gasteiger partial charge on any atom is -0.366 e. The van der Waals surface area contributed by atoms with Gasteiger partial charge in [-0.05, 0) is 159 Å². The summed E-state index contributed by atoms with van der Waals surface area (Å²) in [6, 6.07) is 14.2. The van der Waals surface area contributed by atoms with Crippen molar-refractivity contribution in [3.63, 3.8) is 0 Å². The zero-order valence-corrected chi connectivity index (χ0v) is 42.2. The van der Waals surface area contributed by atoms with Crippen molar-refractivity contribution in [2.75, 3.05) is 74.0 Å². The molecule has 9 heterocycles. The molecular weight excluding hydrogens is 891 g/mol. The Hall–Kier alpha value is -5.41. The van der Waals surface area contributed by atoms with E-state index in [-0.39, 0.29) is 41.6 Å². The first kappa shape index (κ1) is 46.6. The van der Waals surface area contributed by atoms with Crippen LogP contribution in [0.2, 0.25) is 0 Å². The number of fused-ring (bicyclic) bond motifs is 3. The summed E-state index contributed by atoms with van der Waals surface area (Å²) in [7, 11) is 0. The van der Waals surface area contributed by atoms with Crippen LogP contribution in [-0.4, -0.2) is 135 Å². The average molecular weight is 964 g/mol. The highest BCUT2D eigenvalue weighted by Gasteiger charge is 2.56. The van der Waals surface area contributed by atoms with Crippen molar-refractivity contribution in [2.45, 2.75) is 153 Å². The molecule has 0 radical (unpaired) electrons. The van der Waals surface area contributed by atoms with Crippen molar-refractivity contribution in [3.8, 4) is 11.3 Å². The van der Waals surface area contributed by atoms with Gasteiger partial charge in [0.2, 0.25) is 23.6 Å². The van der Waals surface area contributed by atoms with Crippen LogP contribution in [0.1, 0.15) is 140 Å². The first-order chi connectivity index (χ1) is 34.4. The molecule has 5 saturated heterocycles. The molecule has 8 aliphatic rings. The summed E-state index contributed by atoms with van der Waals surface area (Å²) in [5.41, 5.74) is 5.86. The fourth-order valence-corrected chi connectivity index (χ4v) is 13.5. The highest BCUT2D eigenvalue weighted by atomic mass is 16.2. The standard InChI is InChI=1S/C56H73N11O4/c1-36(2)66-35-58-46-32-45(60-51(50(46)66)59-40-9-10-40)38-7-12-44-47(29-38)67(42-30-41(31-42)63-21-5-4-6-22-63)54(71)56(44)19-27-65(28-20-56)53(70)55(3)17-25-62(26-18-55)34-37-15-23-64(24-16-37)48-13-8-39(33-57-48)43-11-14-49(68)61-52(43)69/h7-8,12-13,29,32-33,35-37,40-43H,4-6,9-11,14-28,30-31,34H2,1-3H3,(H,59,60)(H,61,68,69). The lowest BCUT2D eigenvalue weighted by atomic mass is 9.72. The highest BCUT2D eigenvalue weighted by Crippen LogP contribution is 2.53. The number of amides is 4. The number of rotatable bonds is 11. The first-order valence-electron chi connectivity index (χ1n) is 27.4. The maximum absolute atomic E-state index is 15.3. The van der Waals surface area contributed by atoms with E-state index < -0.39 is 10.8 Å². The first-order valence-corrected chi connectivity index (χ1v) is 27.4. The molecular formula is C56H73N11O4. The Bertz CT molecular complexity index is 2680. The molecule has 2 N–H and O–H groups in total. The van der Waals surface area contributed by atoms with Crippen LogP contribution in [0.25, 0.3) is 22.3 Å². The van der Waals surface area contributed by atoms with Crippen molar-refractivity contribution >= 4 is 52.0 Å². The van der Waals surface area contributed by atoms with Crippen LogP contribution in [0.5, 0.6) is 0 Å². The summed E-state index contributed by atoms with van der Waals surface area (Å²) in [5.74, 6) is 2.17. The monoisotopic (exact) mass is 964 g/mol. The fraction of sp³-hybridized carbons (Fsp3) is 0.625. The molecule has 1 atom stereocenters. The Labute approximate surface area is 418 Å². The van der Waals surface area contributed by atoms with Crippen LogP contribution < -0.4 is 20.4 Å². The van der Waals surface area contributed by atoms with Crippen molar-refractivity contribution in [3.05, 3.63) is 60.0 Å². The smallest absolute Gasteiger partial charge is 0.238 e. The molecule has 4 amide bonds. The van der Waals surface area contributed by atoms with E-state index >= 15 is 4.79 Å². The number of pyridine rings is 2. The Kier molecular flexibility index (Phi) is 12.2. The van der Waals surface area contributed by atoms with Crippen molar-refractivity contribution in [1.82, 2.24) is 39.5 Å². The van der Waals surface area contributed by atoms with E-state index in [4.69, 9.17) is 15.0 Å². The van der Waals surface area contributed by atoms with E-state index in [0.29, 0.717) is 56.8 Å². The van der Waals surface area contributed by atoms with Gasteiger partial charge in [-0.25, -0.2) is 15.0 Å². The van der Waals surface area contributed by atoms with E-state index in [1.54, 1.807) is 6.20 Å². The second-order valence-corrected chi connectivity index (χ2v) is 23.3. The Morgan fingerprint density at radius 2 is 1.59 bits per heavy atom. The number of carbonyl (C=O) groups excluding carboxylic acids is 4. The van der Waals surface area contributed by atoms with Gasteiger partial charge in [-0.15, -0.1) is 0 Å². The quantitative estimate of drug-likeness (QED) is 0.145. The molecule has 2 aliphatic carbocycles. The van der Waals surface area contributed by atoms with Crippen molar-refractivity contribution < 1.29 is 19.2 Å². The molecule has 1 aromatic carbocycles. The maximum atomic E-state index is 15.3. The SMILES string of the molecule is CC(C)n1cnc2cc(-c3ccc4c(c3)N(C3CC(N5CCCCC5)C3)C(=O)C43CCN(C(=O)C4(C)CCN(CC5CCN(c6ccc(C7CCC(=O)NC7=O)cn6)CC5)CC4)CC3)nc(NC3CC3)c21. The van der Waals surface area contributed by atoms with Crippen LogP contribution in [0.4, 0.5) is 17.3 Å². The van der Waals surface area contributed by atoms with Gasteiger partial charge in [-0.1, -0.05) is 31.5 Å². The normalized spacial score (nSPS) is 26.3. The number of hydrogen-bond acceptors (Lipinski definition) is 11. The van der Waals surface area contributed by atoms with Gasteiger partial charge < -0.3 is 34.4 Å². The van der Waals surface area contributed by atoms with Crippen LogP contribution in [0, 0.1) is 11.3 Å². The predicted molar refractivity (Wildman–Crippen MR) is 275 cm³/mol. The van der Waals surface area contributed by atoms with Gasteiger partial charge in [0, 0.05) is 86.2 Å². The molecule has 4 aromatic rings. The van der Waals surface area contributed by atoms with Crippen LogP contribution in [0.15, 0.2) is 48.9 Å². The summed E-state index contributed by atoms with van der Waals surface area (Å²) >= 11 is 0.